The van der Waals surface area contributed by atoms with Crippen LogP contribution < -0.4 is 15.4 Å². The zero-order valence-corrected chi connectivity index (χ0v) is 24.4. The van der Waals surface area contributed by atoms with Crippen molar-refractivity contribution < 1.29 is 28.6 Å². The molecule has 3 N–H and O–H groups in total. The summed E-state index contributed by atoms with van der Waals surface area (Å²) in [5.41, 5.74) is 4.19. The van der Waals surface area contributed by atoms with Crippen LogP contribution in [0.1, 0.15) is 35.3 Å². The molecular formula is C31H34FN7O5. The first-order valence-corrected chi connectivity index (χ1v) is 15.0. The molecule has 1 aliphatic carbocycles. The van der Waals surface area contributed by atoms with Crippen LogP contribution in [-0.4, -0.2) is 86.0 Å². The number of rotatable bonds is 10. The molecule has 3 aromatic heterocycles. The van der Waals surface area contributed by atoms with E-state index in [4.69, 9.17) is 19.8 Å². The highest BCUT2D eigenvalue weighted by atomic mass is 19.1. The fourth-order valence-electron chi connectivity index (χ4n) is 6.34. The van der Waals surface area contributed by atoms with E-state index in [0.29, 0.717) is 60.9 Å². The van der Waals surface area contributed by atoms with Gasteiger partial charge in [0, 0.05) is 57.4 Å². The Labute approximate surface area is 252 Å². The number of benzene rings is 1. The SMILES string of the molecule is Cn1c(-c2cc3cccc(OCC4CNC(=O)C4)c3n2CC2CC2)nc2cc3c(nc21)CCN(CC(CF)NC(=O)O)C3=O. The number of pyridine rings is 1. The van der Waals surface area contributed by atoms with Crippen LogP contribution in [0, 0.1) is 11.8 Å². The first-order chi connectivity index (χ1) is 21.3. The van der Waals surface area contributed by atoms with Crippen LogP contribution in [-0.2, 0) is 24.8 Å². The predicted octanol–water partition coefficient (Wildman–Crippen LogP) is 3.12. The third kappa shape index (κ3) is 5.20. The molecule has 1 saturated heterocycles. The first kappa shape index (κ1) is 28.1. The number of hydrogen-bond donors (Lipinski definition) is 3. The molecule has 12 nitrogen and oxygen atoms in total. The largest absolute Gasteiger partial charge is 0.491 e. The highest BCUT2D eigenvalue weighted by molar-refractivity contribution is 5.99. The molecule has 0 spiro atoms. The molecule has 13 heteroatoms. The van der Waals surface area contributed by atoms with E-state index in [9.17, 15) is 18.8 Å². The van der Waals surface area contributed by atoms with Crippen molar-refractivity contribution in [1.29, 1.82) is 0 Å². The number of carbonyl (C=O) groups excluding carboxylic acids is 2. The maximum atomic E-state index is 13.4. The smallest absolute Gasteiger partial charge is 0.405 e. The summed E-state index contributed by atoms with van der Waals surface area (Å²) in [6.07, 6.45) is 1.94. The van der Waals surface area contributed by atoms with Crippen molar-refractivity contribution in [1.82, 2.24) is 34.6 Å². The number of nitrogens with zero attached hydrogens (tertiary/aromatic N) is 5. The number of imidazole rings is 1. The van der Waals surface area contributed by atoms with E-state index < -0.39 is 18.8 Å². The normalized spacial score (nSPS) is 19.0. The molecule has 2 aliphatic heterocycles. The van der Waals surface area contributed by atoms with Crippen LogP contribution in [0.15, 0.2) is 30.3 Å². The van der Waals surface area contributed by atoms with Gasteiger partial charge in [-0.15, -0.1) is 0 Å². The van der Waals surface area contributed by atoms with Crippen molar-refractivity contribution in [3.8, 4) is 17.3 Å². The topological polar surface area (TPSA) is 144 Å². The zero-order valence-electron chi connectivity index (χ0n) is 24.4. The third-order valence-corrected chi connectivity index (χ3v) is 8.80. The summed E-state index contributed by atoms with van der Waals surface area (Å²) in [5.74, 6) is 1.94. The van der Waals surface area contributed by atoms with Crippen LogP contribution in [0.3, 0.4) is 0 Å². The van der Waals surface area contributed by atoms with E-state index in [-0.39, 0.29) is 24.3 Å². The molecule has 2 atom stereocenters. The Morgan fingerprint density at radius 2 is 2.07 bits per heavy atom. The first-order valence-electron chi connectivity index (χ1n) is 15.0. The molecular weight excluding hydrogens is 569 g/mol. The second-order valence-corrected chi connectivity index (χ2v) is 12.1. The lowest BCUT2D eigenvalue weighted by Gasteiger charge is -2.30. The minimum atomic E-state index is -1.33. The lowest BCUT2D eigenvalue weighted by molar-refractivity contribution is -0.119. The zero-order chi connectivity index (χ0) is 30.5. The maximum Gasteiger partial charge on any atom is 0.405 e. The number of carboxylic acid groups (broad SMARTS) is 1. The molecule has 3 aliphatic rings. The van der Waals surface area contributed by atoms with Gasteiger partial charge in [-0.2, -0.15) is 0 Å². The van der Waals surface area contributed by atoms with Gasteiger partial charge in [0.1, 0.15) is 17.9 Å². The Bertz CT molecular complexity index is 1800. The number of fused-ring (bicyclic) bond motifs is 3. The fraction of sp³-hybridized carbons (Fsp3) is 0.452. The Morgan fingerprint density at radius 1 is 1.23 bits per heavy atom. The molecule has 2 unspecified atom stereocenters. The van der Waals surface area contributed by atoms with Crippen molar-refractivity contribution in [2.75, 3.05) is 32.9 Å². The lowest BCUT2D eigenvalue weighted by Crippen LogP contribution is -2.48. The molecule has 44 heavy (non-hydrogen) atoms. The molecule has 7 rings (SSSR count). The molecule has 4 aromatic rings. The van der Waals surface area contributed by atoms with Gasteiger partial charge in [-0.1, -0.05) is 12.1 Å². The highest BCUT2D eigenvalue weighted by Crippen LogP contribution is 2.39. The molecule has 3 amide bonds. The Morgan fingerprint density at radius 3 is 2.80 bits per heavy atom. The van der Waals surface area contributed by atoms with E-state index in [1.165, 1.54) is 17.7 Å². The van der Waals surface area contributed by atoms with Crippen molar-refractivity contribution in [3.63, 3.8) is 0 Å². The number of ether oxygens (including phenoxy) is 1. The predicted molar refractivity (Wildman–Crippen MR) is 159 cm³/mol. The average Bonchev–Trinajstić information content (AvgIpc) is 3.48. The molecule has 1 aromatic carbocycles. The van der Waals surface area contributed by atoms with Gasteiger partial charge in [0.2, 0.25) is 5.91 Å². The number of nitrogens with one attached hydrogen (secondary N) is 2. The summed E-state index contributed by atoms with van der Waals surface area (Å²) < 4.78 is 24.0. The maximum absolute atomic E-state index is 13.4. The van der Waals surface area contributed by atoms with Crippen LogP contribution in [0.5, 0.6) is 5.75 Å². The monoisotopic (exact) mass is 603 g/mol. The van der Waals surface area contributed by atoms with Crippen molar-refractivity contribution >= 4 is 40.0 Å². The van der Waals surface area contributed by atoms with Crippen LogP contribution in [0.25, 0.3) is 33.6 Å². The summed E-state index contributed by atoms with van der Waals surface area (Å²) in [6, 6.07) is 8.86. The number of aromatic nitrogens is 4. The van der Waals surface area contributed by atoms with Gasteiger partial charge in [-0.3, -0.25) is 9.59 Å². The quantitative estimate of drug-likeness (QED) is 0.253. The summed E-state index contributed by atoms with van der Waals surface area (Å²) >= 11 is 0. The number of alkyl halides is 1. The minimum absolute atomic E-state index is 0.0573. The van der Waals surface area contributed by atoms with Crippen LogP contribution in [0.4, 0.5) is 9.18 Å². The van der Waals surface area contributed by atoms with E-state index in [0.717, 1.165) is 34.7 Å². The Balaban J connectivity index is 1.24. The number of para-hydroxylation sites is 1. The minimum Gasteiger partial charge on any atom is -0.491 e. The number of halogens is 1. The Hall–Kier alpha value is -4.68. The number of aryl methyl sites for hydroxylation is 1. The van der Waals surface area contributed by atoms with Gasteiger partial charge in [-0.25, -0.2) is 19.2 Å². The van der Waals surface area contributed by atoms with Crippen molar-refractivity contribution in [3.05, 3.63) is 41.6 Å². The number of amides is 3. The molecule has 1 saturated carbocycles. The van der Waals surface area contributed by atoms with E-state index in [1.54, 1.807) is 6.07 Å². The fourth-order valence-corrected chi connectivity index (χ4v) is 6.34. The second-order valence-electron chi connectivity index (χ2n) is 12.1. The molecule has 0 bridgehead atoms. The lowest BCUT2D eigenvalue weighted by atomic mass is 10.0. The molecule has 0 radical (unpaired) electrons. The molecule has 5 heterocycles. The summed E-state index contributed by atoms with van der Waals surface area (Å²) in [6.45, 7) is 1.23. The van der Waals surface area contributed by atoms with Gasteiger partial charge in [0.05, 0.1) is 35.1 Å². The van der Waals surface area contributed by atoms with Gasteiger partial charge in [0.25, 0.3) is 5.91 Å². The standard InChI is InChI=1S/C31H34FN7O5/c1-37-28-23(11-21-22(35-28)7-8-38(30(21)41)15-20(12-32)34-31(42)43)36-29(37)24-10-19-3-2-4-25(27(19)39(24)14-17-5-6-17)44-16-18-9-26(40)33-13-18/h2-4,10-11,17-18,20,34H,5-9,12-16H2,1H3,(H,33,40)(H,42,43). The van der Waals surface area contributed by atoms with Crippen molar-refractivity contribution in [2.24, 2.45) is 18.9 Å². The van der Waals surface area contributed by atoms with E-state index >= 15 is 0 Å². The molecule has 230 valence electrons. The second kappa shape index (κ2) is 11.1. The van der Waals surface area contributed by atoms with Crippen molar-refractivity contribution in [2.45, 2.75) is 38.3 Å². The highest BCUT2D eigenvalue weighted by Gasteiger charge is 2.31. The number of carbonyl (C=O) groups is 3. The van der Waals surface area contributed by atoms with Gasteiger partial charge >= 0.3 is 6.09 Å². The van der Waals surface area contributed by atoms with Gasteiger partial charge in [-0.05, 0) is 37.0 Å². The number of hydrogen-bond acceptors (Lipinski definition) is 6. The van der Waals surface area contributed by atoms with Gasteiger partial charge < -0.3 is 34.5 Å². The summed E-state index contributed by atoms with van der Waals surface area (Å²) in [5, 5.41) is 15.0. The third-order valence-electron chi connectivity index (χ3n) is 8.80. The summed E-state index contributed by atoms with van der Waals surface area (Å²) in [4.78, 5) is 47.4. The average molecular weight is 604 g/mol. The van der Waals surface area contributed by atoms with E-state index in [1.807, 2.05) is 23.7 Å². The van der Waals surface area contributed by atoms with Gasteiger partial charge in [0.15, 0.2) is 11.5 Å². The van der Waals surface area contributed by atoms with Crippen LogP contribution in [0.2, 0.25) is 0 Å². The molecule has 2 fully saturated rings. The summed E-state index contributed by atoms with van der Waals surface area (Å²) in [7, 11) is 1.92. The van der Waals surface area contributed by atoms with E-state index in [2.05, 4.69) is 27.3 Å². The van der Waals surface area contributed by atoms with Crippen LogP contribution >= 0.6 is 0 Å². The Kier molecular flexibility index (Phi) is 7.10.